The molecule has 3 heterocycles. The Morgan fingerprint density at radius 3 is 1.40 bits per heavy atom. The molecule has 6 aromatic rings. The van der Waals surface area contributed by atoms with Crippen LogP contribution in [0.4, 0.5) is 0 Å². The second-order valence-corrected chi connectivity index (χ2v) is 15.6. The minimum atomic E-state index is -1.01. The molecule has 2 fully saturated rings. The number of rotatable bonds is 10. The summed E-state index contributed by atoms with van der Waals surface area (Å²) in [6, 6.07) is 37.6. The monoisotopic (exact) mass is 871 g/mol. The number of methoxy groups -OCH3 is 2. The highest BCUT2D eigenvalue weighted by atomic mass is 35.5. The molecule has 1 aromatic heterocycles. The van der Waals surface area contributed by atoms with Crippen LogP contribution in [0, 0.1) is 0 Å². The molecule has 0 spiro atoms. The number of carboxylic acids is 2. The minimum absolute atomic E-state index is 0.309. The van der Waals surface area contributed by atoms with E-state index in [-0.39, 0.29) is 23.9 Å². The minimum Gasteiger partial charge on any atom is -0.497 e. The van der Waals surface area contributed by atoms with Crippen molar-refractivity contribution in [1.82, 2.24) is 14.8 Å². The van der Waals surface area contributed by atoms with E-state index in [4.69, 9.17) is 32.7 Å². The first-order chi connectivity index (χ1) is 30.0. The molecule has 316 valence electrons. The molecule has 5 aromatic carbocycles. The fourth-order valence-corrected chi connectivity index (χ4v) is 8.75. The second-order valence-electron chi connectivity index (χ2n) is 14.8. The van der Waals surface area contributed by atoms with Crippen molar-refractivity contribution >= 4 is 47.0 Å². The summed E-state index contributed by atoms with van der Waals surface area (Å²) in [5, 5.41) is 20.5. The van der Waals surface area contributed by atoms with Crippen molar-refractivity contribution in [2.24, 2.45) is 0 Å². The van der Waals surface area contributed by atoms with E-state index in [0.29, 0.717) is 52.7 Å². The van der Waals surface area contributed by atoms with E-state index in [1.54, 1.807) is 56.8 Å². The second kappa shape index (κ2) is 19.4. The molecule has 2 aliphatic heterocycles. The maximum absolute atomic E-state index is 13.4. The lowest BCUT2D eigenvalue weighted by atomic mass is 10.0. The first-order valence-corrected chi connectivity index (χ1v) is 20.7. The summed E-state index contributed by atoms with van der Waals surface area (Å²) in [5.74, 6) is -1.39. The number of aromatic nitrogens is 1. The Morgan fingerprint density at radius 2 is 0.984 bits per heavy atom. The molecule has 13 heteroatoms. The predicted molar refractivity (Wildman–Crippen MR) is 237 cm³/mol. The summed E-state index contributed by atoms with van der Waals surface area (Å²) in [7, 11) is 3.17. The molecule has 4 atom stereocenters. The molecule has 0 radical (unpaired) electrons. The van der Waals surface area contributed by atoms with Gasteiger partial charge in [-0.05, 0) is 114 Å². The molecule has 8 rings (SSSR count). The van der Waals surface area contributed by atoms with Crippen LogP contribution < -0.4 is 9.47 Å². The van der Waals surface area contributed by atoms with Crippen LogP contribution in [0.3, 0.4) is 0 Å². The number of carbonyl (C=O) groups excluding carboxylic acids is 2. The largest absolute Gasteiger partial charge is 0.497 e. The fraction of sp³-hybridized carbons (Fsp3) is 0.204. The van der Waals surface area contributed by atoms with E-state index in [0.717, 1.165) is 39.1 Å². The van der Waals surface area contributed by atoms with E-state index in [1.165, 1.54) is 9.80 Å². The van der Waals surface area contributed by atoms with Crippen LogP contribution in [-0.4, -0.2) is 75.1 Å². The SMILES string of the molecule is COc1ccc(-c2ccc(C(=O)N3[C@@H](c4ccccc4Cl)CC[C@H]3C(=O)O)cc2)cc1.COc1ncccc1-c1ccc(C(=O)N2[C@@H](c3ccccc3Cl)CC[C@H]2C(=O)O)cc1. The maximum Gasteiger partial charge on any atom is 0.326 e. The van der Waals surface area contributed by atoms with E-state index < -0.39 is 24.0 Å². The van der Waals surface area contributed by atoms with E-state index in [1.807, 2.05) is 97.1 Å². The highest BCUT2D eigenvalue weighted by molar-refractivity contribution is 6.31. The molecular weight excluding hydrogens is 829 g/mol. The molecule has 0 saturated carbocycles. The zero-order valence-electron chi connectivity index (χ0n) is 33.9. The summed E-state index contributed by atoms with van der Waals surface area (Å²) < 4.78 is 10.5. The summed E-state index contributed by atoms with van der Waals surface area (Å²) in [4.78, 5) is 57.6. The van der Waals surface area contributed by atoms with Gasteiger partial charge in [0.2, 0.25) is 5.88 Å². The normalized spacial score (nSPS) is 18.1. The maximum atomic E-state index is 13.4. The van der Waals surface area contributed by atoms with Crippen molar-refractivity contribution in [1.29, 1.82) is 0 Å². The van der Waals surface area contributed by atoms with Crippen molar-refractivity contribution in [3.63, 3.8) is 0 Å². The first-order valence-electron chi connectivity index (χ1n) is 19.9. The third kappa shape index (κ3) is 9.14. The summed E-state index contributed by atoms with van der Waals surface area (Å²) >= 11 is 12.7. The van der Waals surface area contributed by atoms with Crippen LogP contribution in [0.5, 0.6) is 11.6 Å². The molecule has 2 saturated heterocycles. The number of likely N-dealkylation sites (tertiary alicyclic amines) is 2. The van der Waals surface area contributed by atoms with Gasteiger partial charge in [-0.15, -0.1) is 0 Å². The standard InChI is InChI=1S/C25H22ClNO4.C24H21ClN2O4/c1-31-19-12-10-17(11-13-19)16-6-8-18(9-7-16)24(28)27-22(14-15-23(27)25(29)30)20-4-2-3-5-21(20)26;1-31-22-17(6-4-14-26-22)15-8-10-16(11-9-15)23(28)27-20(12-13-21(27)24(29)30)18-5-2-3-7-19(18)25/h2-13,22-23H,14-15H2,1H3,(H,29,30);2-11,14,20-21H,12-13H2,1H3,(H,29,30)/t22-,23+;20-,21+/m11/s1. The van der Waals surface area contributed by atoms with Gasteiger partial charge < -0.3 is 29.5 Å². The molecule has 2 N–H and O–H groups in total. The number of nitrogens with zero attached hydrogens (tertiary/aromatic N) is 3. The van der Waals surface area contributed by atoms with Gasteiger partial charge in [0.25, 0.3) is 11.8 Å². The zero-order chi connectivity index (χ0) is 43.9. The highest BCUT2D eigenvalue weighted by Gasteiger charge is 2.44. The Morgan fingerprint density at radius 1 is 0.548 bits per heavy atom. The van der Waals surface area contributed by atoms with Crippen molar-refractivity contribution in [3.8, 4) is 33.9 Å². The lowest BCUT2D eigenvalue weighted by Crippen LogP contribution is -2.41. The van der Waals surface area contributed by atoms with E-state index in [2.05, 4.69) is 4.98 Å². The number of carboxylic acid groups (broad SMARTS) is 2. The quantitative estimate of drug-likeness (QED) is 0.137. The van der Waals surface area contributed by atoms with Gasteiger partial charge in [0.05, 0.1) is 26.3 Å². The number of ether oxygens (including phenoxy) is 2. The van der Waals surface area contributed by atoms with Gasteiger partial charge in [-0.25, -0.2) is 14.6 Å². The topological polar surface area (TPSA) is 147 Å². The Hall–Kier alpha value is -6.69. The molecule has 0 unspecified atom stereocenters. The number of hydrogen-bond acceptors (Lipinski definition) is 7. The Labute approximate surface area is 369 Å². The third-order valence-electron chi connectivity index (χ3n) is 11.3. The number of pyridine rings is 1. The van der Waals surface area contributed by atoms with Crippen molar-refractivity contribution in [3.05, 3.63) is 172 Å². The third-order valence-corrected chi connectivity index (χ3v) is 12.0. The van der Waals surface area contributed by atoms with Gasteiger partial charge in [0, 0.05) is 32.9 Å². The number of carbonyl (C=O) groups is 4. The van der Waals surface area contributed by atoms with Gasteiger partial charge >= 0.3 is 11.9 Å². The summed E-state index contributed by atoms with van der Waals surface area (Å²) in [6.45, 7) is 0. The average Bonchev–Trinajstić information content (AvgIpc) is 3.96. The molecule has 11 nitrogen and oxygen atoms in total. The Kier molecular flexibility index (Phi) is 13.5. The smallest absolute Gasteiger partial charge is 0.326 e. The lowest BCUT2D eigenvalue weighted by Gasteiger charge is -2.29. The van der Waals surface area contributed by atoms with Crippen molar-refractivity contribution < 1.29 is 38.9 Å². The fourth-order valence-electron chi connectivity index (χ4n) is 8.23. The van der Waals surface area contributed by atoms with Crippen molar-refractivity contribution in [2.45, 2.75) is 49.9 Å². The zero-order valence-corrected chi connectivity index (χ0v) is 35.4. The van der Waals surface area contributed by atoms with Gasteiger partial charge in [-0.1, -0.05) is 96.0 Å². The number of amides is 2. The average molecular weight is 873 g/mol. The first kappa shape index (κ1) is 43.4. The Bertz CT molecular complexity index is 2570. The van der Waals surface area contributed by atoms with Crippen LogP contribution >= 0.6 is 23.2 Å². The highest BCUT2D eigenvalue weighted by Crippen LogP contribution is 2.42. The van der Waals surface area contributed by atoms with Crippen LogP contribution in [0.2, 0.25) is 10.0 Å². The van der Waals surface area contributed by atoms with E-state index >= 15 is 0 Å². The van der Waals surface area contributed by atoms with Crippen LogP contribution in [0.15, 0.2) is 140 Å². The summed E-state index contributed by atoms with van der Waals surface area (Å²) in [6.07, 6.45) is 3.51. The molecule has 2 amide bonds. The van der Waals surface area contributed by atoms with Gasteiger partial charge in [-0.3, -0.25) is 9.59 Å². The van der Waals surface area contributed by atoms with Crippen molar-refractivity contribution in [2.75, 3.05) is 14.2 Å². The van der Waals surface area contributed by atoms with E-state index in [9.17, 15) is 29.4 Å². The Balaban J connectivity index is 0.000000186. The number of benzene rings is 5. The van der Waals surface area contributed by atoms with Crippen LogP contribution in [-0.2, 0) is 9.59 Å². The predicted octanol–water partition coefficient (Wildman–Crippen LogP) is 10.3. The molecule has 2 aliphatic rings. The number of halogens is 2. The van der Waals surface area contributed by atoms with Gasteiger partial charge in [-0.2, -0.15) is 0 Å². The van der Waals surface area contributed by atoms with Crippen LogP contribution in [0.1, 0.15) is 69.6 Å². The molecular formula is C49H43Cl2N3O8. The molecule has 62 heavy (non-hydrogen) atoms. The van der Waals surface area contributed by atoms with Gasteiger partial charge in [0.1, 0.15) is 17.8 Å². The van der Waals surface area contributed by atoms with Gasteiger partial charge in [0.15, 0.2) is 0 Å². The molecule has 0 aliphatic carbocycles. The summed E-state index contributed by atoms with van der Waals surface area (Å²) in [5.41, 5.74) is 6.01. The number of aliphatic carboxylic acids is 2. The lowest BCUT2D eigenvalue weighted by molar-refractivity contribution is -0.142. The number of hydrogen-bond donors (Lipinski definition) is 2. The van der Waals surface area contributed by atoms with Crippen LogP contribution in [0.25, 0.3) is 22.3 Å². The molecule has 0 bridgehead atoms.